The lowest BCUT2D eigenvalue weighted by molar-refractivity contribution is -0.143. The number of piperidine rings is 1. The van der Waals surface area contributed by atoms with Crippen LogP contribution in [0.15, 0.2) is 29.8 Å². The fourth-order valence-electron chi connectivity index (χ4n) is 2.92. The van der Waals surface area contributed by atoms with Gasteiger partial charge in [-0.2, -0.15) is 0 Å². The number of thioether (sulfide) groups is 1. The molecule has 1 aromatic rings. The van der Waals surface area contributed by atoms with Crippen molar-refractivity contribution in [1.82, 2.24) is 4.90 Å². The highest BCUT2D eigenvalue weighted by molar-refractivity contribution is 8.15. The first kappa shape index (κ1) is 15.9. The van der Waals surface area contributed by atoms with Crippen molar-refractivity contribution in [2.75, 3.05) is 13.1 Å². The van der Waals surface area contributed by atoms with E-state index in [1.807, 2.05) is 4.90 Å². The third-order valence-corrected chi connectivity index (χ3v) is 5.92. The molecule has 0 bridgehead atoms. The molecule has 0 radical (unpaired) electrons. The van der Waals surface area contributed by atoms with Gasteiger partial charge in [0.2, 0.25) is 5.12 Å². The van der Waals surface area contributed by atoms with Crippen molar-refractivity contribution < 1.29 is 14.7 Å². The molecule has 0 aromatic heterocycles. The number of carbonyl (C=O) groups is 2. The van der Waals surface area contributed by atoms with Crippen molar-refractivity contribution in [3.8, 4) is 0 Å². The molecule has 2 heterocycles. The first-order valence-corrected chi connectivity index (χ1v) is 8.43. The van der Waals surface area contributed by atoms with E-state index in [0.717, 1.165) is 12.0 Å². The number of carbonyl (C=O) groups excluding carboxylic acids is 1. The average molecular weight is 358 g/mol. The molecule has 1 aromatic carbocycles. The summed E-state index contributed by atoms with van der Waals surface area (Å²) >= 11 is 13.5. The molecular formula is C15H13Cl2NO3S. The lowest BCUT2D eigenvalue weighted by Crippen LogP contribution is -2.41. The van der Waals surface area contributed by atoms with Crippen LogP contribution in [0.25, 0.3) is 0 Å². The van der Waals surface area contributed by atoms with E-state index in [2.05, 4.69) is 0 Å². The molecule has 2 aliphatic heterocycles. The molecule has 116 valence electrons. The number of aliphatic carboxylic acids is 1. The molecule has 7 heteroatoms. The Morgan fingerprint density at radius 2 is 2.18 bits per heavy atom. The summed E-state index contributed by atoms with van der Waals surface area (Å²) in [6.45, 7) is 1.06. The third-order valence-electron chi connectivity index (χ3n) is 3.91. The van der Waals surface area contributed by atoms with Crippen molar-refractivity contribution in [2.24, 2.45) is 0 Å². The number of fused-ring (bicyclic) bond motifs is 1. The zero-order valence-corrected chi connectivity index (χ0v) is 13.8. The van der Waals surface area contributed by atoms with Gasteiger partial charge in [-0.05, 0) is 24.1 Å². The molecular weight excluding hydrogens is 345 g/mol. The number of carboxylic acids is 1. The highest BCUT2D eigenvalue weighted by Gasteiger charge is 2.37. The minimum Gasteiger partial charge on any atom is -0.480 e. The second kappa shape index (κ2) is 6.24. The number of rotatable bonds is 3. The number of nitrogens with zero attached hydrogens (tertiary/aromatic N) is 1. The smallest absolute Gasteiger partial charge is 0.325 e. The Morgan fingerprint density at radius 3 is 2.91 bits per heavy atom. The Kier molecular flexibility index (Phi) is 4.50. The zero-order chi connectivity index (χ0) is 15.9. The van der Waals surface area contributed by atoms with Gasteiger partial charge in [0.15, 0.2) is 0 Å². The minimum absolute atomic E-state index is 0.0505. The van der Waals surface area contributed by atoms with Crippen LogP contribution in [0.3, 0.4) is 0 Å². The number of benzene rings is 1. The van der Waals surface area contributed by atoms with Gasteiger partial charge in [0.1, 0.15) is 6.04 Å². The van der Waals surface area contributed by atoms with Gasteiger partial charge in [0.25, 0.3) is 0 Å². The molecule has 0 saturated carbocycles. The van der Waals surface area contributed by atoms with E-state index < -0.39 is 12.0 Å². The first-order valence-electron chi connectivity index (χ1n) is 6.79. The molecule has 1 fully saturated rings. The number of carboxylic acid groups (broad SMARTS) is 1. The Labute approximate surface area is 142 Å². The maximum Gasteiger partial charge on any atom is 0.325 e. The summed E-state index contributed by atoms with van der Waals surface area (Å²) in [5.41, 5.74) is 1.48. The van der Waals surface area contributed by atoms with Crippen molar-refractivity contribution in [3.63, 3.8) is 0 Å². The van der Waals surface area contributed by atoms with Crippen LogP contribution in [-0.4, -0.2) is 39.4 Å². The summed E-state index contributed by atoms with van der Waals surface area (Å²) < 4.78 is 0. The van der Waals surface area contributed by atoms with Crippen LogP contribution >= 0.6 is 35.0 Å². The quantitative estimate of drug-likeness (QED) is 0.898. The summed E-state index contributed by atoms with van der Waals surface area (Å²) in [5.74, 6) is -0.972. The van der Waals surface area contributed by atoms with Crippen molar-refractivity contribution >= 4 is 46.0 Å². The SMILES string of the molecule is O=C1C=C2CN(C(C(=O)O)c3cccc(Cl)c3Cl)CCC2S1. The molecule has 0 spiro atoms. The Balaban J connectivity index is 1.92. The van der Waals surface area contributed by atoms with E-state index in [1.165, 1.54) is 11.8 Å². The van der Waals surface area contributed by atoms with Gasteiger partial charge in [0, 0.05) is 23.9 Å². The fraction of sp³-hybridized carbons (Fsp3) is 0.333. The lowest BCUT2D eigenvalue weighted by atomic mass is 9.98. The minimum atomic E-state index is -0.972. The van der Waals surface area contributed by atoms with Crippen LogP contribution < -0.4 is 0 Å². The van der Waals surface area contributed by atoms with Crippen molar-refractivity contribution in [3.05, 3.63) is 45.5 Å². The normalized spacial score (nSPS) is 23.1. The summed E-state index contributed by atoms with van der Waals surface area (Å²) in [7, 11) is 0. The van der Waals surface area contributed by atoms with Gasteiger partial charge >= 0.3 is 5.97 Å². The fourth-order valence-corrected chi connectivity index (χ4v) is 4.35. The van der Waals surface area contributed by atoms with Gasteiger partial charge < -0.3 is 5.11 Å². The van der Waals surface area contributed by atoms with Gasteiger partial charge in [-0.25, -0.2) is 0 Å². The molecule has 2 atom stereocenters. The second-order valence-electron chi connectivity index (χ2n) is 5.29. The second-order valence-corrected chi connectivity index (χ2v) is 7.28. The number of halogens is 2. The monoisotopic (exact) mass is 357 g/mol. The largest absolute Gasteiger partial charge is 0.480 e. The summed E-state index contributed by atoms with van der Waals surface area (Å²) in [5, 5.41) is 10.5. The van der Waals surface area contributed by atoms with Crippen LogP contribution in [0.1, 0.15) is 18.0 Å². The summed E-state index contributed by atoms with van der Waals surface area (Å²) in [6, 6.07) is 4.14. The predicted octanol–water partition coefficient (Wildman–Crippen LogP) is 3.39. The Hall–Kier alpha value is -1.01. The predicted molar refractivity (Wildman–Crippen MR) is 87.5 cm³/mol. The summed E-state index contributed by atoms with van der Waals surface area (Å²) in [6.07, 6.45) is 2.38. The molecule has 0 aliphatic carbocycles. The molecule has 4 nitrogen and oxygen atoms in total. The van der Waals surface area contributed by atoms with Crippen LogP contribution in [-0.2, 0) is 9.59 Å². The number of likely N-dealkylation sites (tertiary alicyclic amines) is 1. The molecule has 1 N–H and O–H groups in total. The van der Waals surface area contributed by atoms with E-state index in [1.54, 1.807) is 24.3 Å². The number of hydrogen-bond acceptors (Lipinski definition) is 4. The van der Waals surface area contributed by atoms with E-state index in [0.29, 0.717) is 23.7 Å². The standard InChI is InChI=1S/C15H13Cl2NO3S/c16-10-3-1-2-9(13(10)17)14(15(20)21)18-5-4-11-8(7-18)6-12(19)22-11/h1-3,6,11,14H,4-5,7H2,(H,20,21). The molecule has 0 amide bonds. The van der Waals surface area contributed by atoms with Crippen LogP contribution in [0.4, 0.5) is 0 Å². The van der Waals surface area contributed by atoms with Crippen molar-refractivity contribution in [2.45, 2.75) is 17.7 Å². The van der Waals surface area contributed by atoms with E-state index in [4.69, 9.17) is 23.2 Å². The highest BCUT2D eigenvalue weighted by atomic mass is 35.5. The molecule has 2 unspecified atom stereocenters. The third kappa shape index (κ3) is 2.91. The van der Waals surface area contributed by atoms with Gasteiger partial charge in [-0.15, -0.1) is 0 Å². The topological polar surface area (TPSA) is 57.6 Å². The van der Waals surface area contributed by atoms with Crippen molar-refractivity contribution in [1.29, 1.82) is 0 Å². The molecule has 2 aliphatic rings. The molecule has 22 heavy (non-hydrogen) atoms. The zero-order valence-electron chi connectivity index (χ0n) is 11.5. The van der Waals surface area contributed by atoms with E-state index in [9.17, 15) is 14.7 Å². The molecule has 1 saturated heterocycles. The summed E-state index contributed by atoms with van der Waals surface area (Å²) in [4.78, 5) is 25.1. The Bertz CT molecular complexity index is 677. The van der Waals surface area contributed by atoms with Gasteiger partial charge in [0.05, 0.1) is 10.0 Å². The number of hydrogen-bond donors (Lipinski definition) is 1. The van der Waals surface area contributed by atoms with E-state index in [-0.39, 0.29) is 15.4 Å². The average Bonchev–Trinajstić information content (AvgIpc) is 2.83. The van der Waals surface area contributed by atoms with Crippen LogP contribution in [0.5, 0.6) is 0 Å². The highest BCUT2D eigenvalue weighted by Crippen LogP contribution is 2.39. The maximum atomic E-state index is 11.8. The van der Waals surface area contributed by atoms with Crippen LogP contribution in [0.2, 0.25) is 10.0 Å². The van der Waals surface area contributed by atoms with Crippen LogP contribution in [0, 0.1) is 0 Å². The molecule has 3 rings (SSSR count). The van der Waals surface area contributed by atoms with Gasteiger partial charge in [-0.1, -0.05) is 47.1 Å². The van der Waals surface area contributed by atoms with Gasteiger partial charge in [-0.3, -0.25) is 14.5 Å². The Morgan fingerprint density at radius 1 is 1.41 bits per heavy atom. The van der Waals surface area contributed by atoms with E-state index >= 15 is 0 Å². The lowest BCUT2D eigenvalue weighted by Gasteiger charge is -2.35. The first-order chi connectivity index (χ1) is 10.5. The maximum absolute atomic E-state index is 11.8.